The molecule has 0 bridgehead atoms. The van der Waals surface area contributed by atoms with Gasteiger partial charge in [-0.05, 0) is 12.1 Å². The van der Waals surface area contributed by atoms with Gasteiger partial charge in [0.15, 0.2) is 6.10 Å². The van der Waals surface area contributed by atoms with E-state index in [2.05, 4.69) is 17.1 Å². The molecule has 0 amide bonds. The Kier molecular flexibility index (Phi) is 7.52. The van der Waals surface area contributed by atoms with Crippen LogP contribution in [0.15, 0.2) is 42.6 Å². The number of aliphatic hydroxyl groups excluding tert-OH is 5. The van der Waals surface area contributed by atoms with Crippen molar-refractivity contribution in [2.45, 2.75) is 24.4 Å². The number of hydrogen-bond acceptors (Lipinski definition) is 7. The predicted molar refractivity (Wildman–Crippen MR) is 80.5 cm³/mol. The Bertz CT molecular complexity index is 556. The number of aliphatic hydroxyl groups is 5. The van der Waals surface area contributed by atoms with E-state index in [4.69, 9.17) is 30.6 Å². The van der Waals surface area contributed by atoms with Crippen molar-refractivity contribution in [2.24, 2.45) is 0 Å². The standard InChI is InChI=1S/C9H7N.C6H12O7/c1-2-6-9-8(4-1)5-3-7-10-9;7-1-2(8)3(9)4(10)5(11)6(12)13/h1-7H;2-5,7-11H,1H2,(H,12,13)/t;2-,3-,4+,5-/m.1/s1. The number of carboxylic acid groups (broad SMARTS) is 1. The summed E-state index contributed by atoms with van der Waals surface area (Å²) in [5, 5.41) is 53.0. The predicted octanol–water partition coefficient (Wildman–Crippen LogP) is -1.26. The van der Waals surface area contributed by atoms with Gasteiger partial charge >= 0.3 is 5.97 Å². The van der Waals surface area contributed by atoms with E-state index >= 15 is 0 Å². The van der Waals surface area contributed by atoms with E-state index in [1.54, 1.807) is 0 Å². The zero-order valence-electron chi connectivity index (χ0n) is 12.1. The third kappa shape index (κ3) is 5.55. The van der Waals surface area contributed by atoms with Crippen molar-refractivity contribution in [1.82, 2.24) is 4.98 Å². The fraction of sp³-hybridized carbons (Fsp3) is 0.333. The molecule has 0 unspecified atom stereocenters. The number of rotatable bonds is 5. The van der Waals surface area contributed by atoms with Crippen LogP contribution in [0, 0.1) is 0 Å². The summed E-state index contributed by atoms with van der Waals surface area (Å²) in [7, 11) is 0. The third-order valence-corrected chi connectivity index (χ3v) is 3.02. The van der Waals surface area contributed by atoms with Crippen molar-refractivity contribution >= 4 is 16.9 Å². The summed E-state index contributed by atoms with van der Waals surface area (Å²) in [6, 6.07) is 12.1. The molecule has 1 heterocycles. The zero-order chi connectivity index (χ0) is 17.4. The van der Waals surface area contributed by atoms with Crippen molar-refractivity contribution in [3.05, 3.63) is 42.6 Å². The van der Waals surface area contributed by atoms with Crippen LogP contribution in [0.2, 0.25) is 0 Å². The first-order valence-electron chi connectivity index (χ1n) is 6.74. The lowest BCUT2D eigenvalue weighted by Crippen LogP contribution is -2.48. The second kappa shape index (κ2) is 9.13. The first kappa shape index (κ1) is 18.9. The molecule has 23 heavy (non-hydrogen) atoms. The Morgan fingerprint density at radius 3 is 2.17 bits per heavy atom. The molecule has 0 aliphatic heterocycles. The van der Waals surface area contributed by atoms with E-state index in [-0.39, 0.29) is 0 Å². The number of fused-ring (bicyclic) bond motifs is 1. The number of nitrogens with zero attached hydrogens (tertiary/aromatic N) is 1. The van der Waals surface area contributed by atoms with E-state index in [9.17, 15) is 4.79 Å². The fourth-order valence-electron chi connectivity index (χ4n) is 1.68. The number of hydrogen-bond donors (Lipinski definition) is 6. The van der Waals surface area contributed by atoms with Gasteiger partial charge in [0.2, 0.25) is 0 Å². The van der Waals surface area contributed by atoms with Crippen LogP contribution in [0.25, 0.3) is 10.9 Å². The van der Waals surface area contributed by atoms with Crippen LogP contribution in [-0.2, 0) is 4.79 Å². The normalized spacial score (nSPS) is 15.9. The quantitative estimate of drug-likeness (QED) is 0.398. The zero-order valence-corrected chi connectivity index (χ0v) is 12.1. The molecule has 2 aromatic rings. The molecule has 0 aliphatic rings. The average Bonchev–Trinajstić information content (AvgIpc) is 2.59. The molecule has 0 aliphatic carbocycles. The van der Waals surface area contributed by atoms with Crippen molar-refractivity contribution < 1.29 is 35.4 Å². The van der Waals surface area contributed by atoms with Crippen LogP contribution in [0.5, 0.6) is 0 Å². The van der Waals surface area contributed by atoms with Gasteiger partial charge in [0, 0.05) is 11.6 Å². The topological polar surface area (TPSA) is 151 Å². The van der Waals surface area contributed by atoms with E-state index < -0.39 is 37.0 Å². The molecule has 8 nitrogen and oxygen atoms in total. The Morgan fingerprint density at radius 1 is 1.00 bits per heavy atom. The molecule has 6 N–H and O–H groups in total. The van der Waals surface area contributed by atoms with E-state index in [0.29, 0.717) is 0 Å². The molecular weight excluding hydrogens is 306 g/mol. The summed E-state index contributed by atoms with van der Waals surface area (Å²) in [4.78, 5) is 14.3. The van der Waals surface area contributed by atoms with Gasteiger partial charge in [0.25, 0.3) is 0 Å². The Morgan fingerprint density at radius 2 is 1.61 bits per heavy atom. The summed E-state index contributed by atoms with van der Waals surface area (Å²) >= 11 is 0. The smallest absolute Gasteiger partial charge is 0.335 e. The SMILES string of the molecule is O=C(O)[C@H](O)[C@@H](O)[C@H](O)[C@H](O)CO.c1ccc2ncccc2c1. The minimum atomic E-state index is -2.20. The van der Waals surface area contributed by atoms with E-state index in [1.165, 1.54) is 5.39 Å². The summed E-state index contributed by atoms with van der Waals surface area (Å²) in [6.45, 7) is -0.843. The maximum atomic E-state index is 10.1. The van der Waals surface area contributed by atoms with Gasteiger partial charge < -0.3 is 30.6 Å². The molecule has 1 aromatic carbocycles. The van der Waals surface area contributed by atoms with E-state index in [0.717, 1.165) is 5.52 Å². The van der Waals surface area contributed by atoms with Gasteiger partial charge in [-0.25, -0.2) is 4.79 Å². The maximum absolute atomic E-state index is 10.1. The van der Waals surface area contributed by atoms with Gasteiger partial charge in [-0.15, -0.1) is 0 Å². The second-order valence-corrected chi connectivity index (χ2v) is 4.71. The molecule has 4 atom stereocenters. The monoisotopic (exact) mass is 325 g/mol. The van der Waals surface area contributed by atoms with E-state index in [1.807, 2.05) is 30.5 Å². The lowest BCUT2D eigenvalue weighted by atomic mass is 10.0. The van der Waals surface area contributed by atoms with Crippen LogP contribution in [0.3, 0.4) is 0 Å². The lowest BCUT2D eigenvalue weighted by molar-refractivity contribution is -0.164. The summed E-state index contributed by atoms with van der Waals surface area (Å²) in [5.41, 5.74) is 1.06. The lowest BCUT2D eigenvalue weighted by Gasteiger charge is -2.23. The van der Waals surface area contributed by atoms with Gasteiger partial charge in [-0.2, -0.15) is 0 Å². The molecule has 0 fully saturated rings. The van der Waals surface area contributed by atoms with Gasteiger partial charge in [0.1, 0.15) is 18.3 Å². The number of para-hydroxylation sites is 1. The summed E-state index contributed by atoms with van der Waals surface area (Å²) in [6.07, 6.45) is -6.03. The Hall–Kier alpha value is -2.10. The number of aliphatic carboxylic acids is 1. The van der Waals surface area contributed by atoms with Crippen molar-refractivity contribution in [3.63, 3.8) is 0 Å². The molecule has 8 heteroatoms. The van der Waals surface area contributed by atoms with Crippen LogP contribution in [0.4, 0.5) is 0 Å². The first-order chi connectivity index (χ1) is 10.9. The summed E-state index contributed by atoms with van der Waals surface area (Å²) in [5.74, 6) is -1.73. The molecule has 0 radical (unpaired) electrons. The first-order valence-corrected chi connectivity index (χ1v) is 6.74. The molecule has 0 saturated carbocycles. The van der Waals surface area contributed by atoms with Gasteiger partial charge in [-0.3, -0.25) is 4.98 Å². The van der Waals surface area contributed by atoms with Crippen molar-refractivity contribution in [2.75, 3.05) is 6.61 Å². The van der Waals surface area contributed by atoms with Crippen LogP contribution in [-0.4, -0.2) is 72.6 Å². The highest BCUT2D eigenvalue weighted by Crippen LogP contribution is 2.08. The molecule has 0 spiro atoms. The highest BCUT2D eigenvalue weighted by Gasteiger charge is 2.33. The highest BCUT2D eigenvalue weighted by atomic mass is 16.4. The van der Waals surface area contributed by atoms with Crippen LogP contribution < -0.4 is 0 Å². The van der Waals surface area contributed by atoms with Gasteiger partial charge in [-0.1, -0.05) is 24.3 Å². The Balaban J connectivity index is 0.000000235. The number of pyridine rings is 1. The van der Waals surface area contributed by atoms with Crippen LogP contribution in [0.1, 0.15) is 0 Å². The fourth-order valence-corrected chi connectivity index (χ4v) is 1.68. The molecule has 126 valence electrons. The number of aromatic nitrogens is 1. The Labute approximate surface area is 131 Å². The van der Waals surface area contributed by atoms with Gasteiger partial charge in [0.05, 0.1) is 12.1 Å². The maximum Gasteiger partial charge on any atom is 0.335 e. The second-order valence-electron chi connectivity index (χ2n) is 4.71. The minimum absolute atomic E-state index is 0.843. The number of carbonyl (C=O) groups is 1. The minimum Gasteiger partial charge on any atom is -0.479 e. The third-order valence-electron chi connectivity index (χ3n) is 3.02. The van der Waals surface area contributed by atoms with Crippen molar-refractivity contribution in [1.29, 1.82) is 0 Å². The largest absolute Gasteiger partial charge is 0.479 e. The molecule has 2 rings (SSSR count). The highest BCUT2D eigenvalue weighted by molar-refractivity contribution is 5.77. The number of carboxylic acids is 1. The average molecular weight is 325 g/mol. The number of benzene rings is 1. The molecule has 0 saturated heterocycles. The van der Waals surface area contributed by atoms with Crippen molar-refractivity contribution in [3.8, 4) is 0 Å². The molecule has 1 aromatic heterocycles. The molecular formula is C15H19NO7. The van der Waals surface area contributed by atoms with Crippen LogP contribution >= 0.6 is 0 Å². The summed E-state index contributed by atoms with van der Waals surface area (Å²) < 4.78 is 0.